The smallest absolute Gasteiger partial charge is 0.416 e. The van der Waals surface area contributed by atoms with Crippen LogP contribution in [0.1, 0.15) is 5.56 Å². The second-order valence-corrected chi connectivity index (χ2v) is 6.07. The van der Waals surface area contributed by atoms with Gasteiger partial charge in [-0.2, -0.15) is 18.3 Å². The van der Waals surface area contributed by atoms with E-state index in [9.17, 15) is 22.8 Å². The zero-order valence-corrected chi connectivity index (χ0v) is 15.2. The van der Waals surface area contributed by atoms with Crippen LogP contribution < -0.4 is 15.6 Å². The predicted molar refractivity (Wildman–Crippen MR) is 101 cm³/mol. The van der Waals surface area contributed by atoms with Crippen LogP contribution in [0.15, 0.2) is 65.5 Å². The van der Waals surface area contributed by atoms with E-state index >= 15 is 0 Å². The van der Waals surface area contributed by atoms with Crippen molar-refractivity contribution in [1.82, 2.24) is 9.78 Å². The zero-order valence-electron chi connectivity index (χ0n) is 15.2. The zero-order chi connectivity index (χ0) is 21.0. The minimum atomic E-state index is -4.52. The Morgan fingerprint density at radius 2 is 1.86 bits per heavy atom. The van der Waals surface area contributed by atoms with E-state index in [4.69, 9.17) is 4.74 Å². The average molecular weight is 403 g/mol. The van der Waals surface area contributed by atoms with E-state index in [1.807, 2.05) is 0 Å². The number of rotatable bonds is 5. The van der Waals surface area contributed by atoms with Crippen molar-refractivity contribution in [1.29, 1.82) is 0 Å². The van der Waals surface area contributed by atoms with Gasteiger partial charge in [-0.1, -0.05) is 18.2 Å². The molecule has 0 fully saturated rings. The van der Waals surface area contributed by atoms with Gasteiger partial charge in [0.15, 0.2) is 0 Å². The second-order valence-electron chi connectivity index (χ2n) is 6.07. The molecule has 1 N–H and O–H groups in total. The molecule has 3 aromatic rings. The van der Waals surface area contributed by atoms with Crippen LogP contribution in [0, 0.1) is 0 Å². The van der Waals surface area contributed by atoms with Crippen molar-refractivity contribution >= 4 is 11.6 Å². The summed E-state index contributed by atoms with van der Waals surface area (Å²) in [6, 6.07) is 14.0. The monoisotopic (exact) mass is 403 g/mol. The number of benzene rings is 2. The number of nitrogens with zero attached hydrogens (tertiary/aromatic N) is 2. The summed E-state index contributed by atoms with van der Waals surface area (Å²) >= 11 is 0. The summed E-state index contributed by atoms with van der Waals surface area (Å²) in [5, 5.41) is 6.51. The number of carbonyl (C=O) groups excluding carboxylic acids is 1. The molecule has 3 rings (SSSR count). The van der Waals surface area contributed by atoms with Crippen molar-refractivity contribution in [2.24, 2.45) is 0 Å². The molecule has 1 amide bonds. The number of anilines is 1. The number of nitrogens with one attached hydrogen (secondary N) is 1. The molecule has 150 valence electrons. The number of methoxy groups -OCH3 is 1. The summed E-state index contributed by atoms with van der Waals surface area (Å²) in [4.78, 5) is 24.3. The van der Waals surface area contributed by atoms with Gasteiger partial charge in [0, 0.05) is 17.3 Å². The number of hydrogen-bond acceptors (Lipinski definition) is 4. The van der Waals surface area contributed by atoms with E-state index in [0.717, 1.165) is 16.8 Å². The third-order valence-corrected chi connectivity index (χ3v) is 4.00. The van der Waals surface area contributed by atoms with E-state index in [1.165, 1.54) is 31.4 Å². The molecular weight excluding hydrogens is 387 g/mol. The maximum absolute atomic E-state index is 12.8. The number of ether oxygens (including phenoxy) is 1. The highest BCUT2D eigenvalue weighted by molar-refractivity contribution is 5.90. The van der Waals surface area contributed by atoms with Crippen LogP contribution in [0.5, 0.6) is 5.75 Å². The van der Waals surface area contributed by atoms with Crippen LogP contribution in [0.2, 0.25) is 0 Å². The maximum Gasteiger partial charge on any atom is 0.416 e. The van der Waals surface area contributed by atoms with Crippen LogP contribution in [0.25, 0.3) is 11.3 Å². The molecule has 0 radical (unpaired) electrons. The third-order valence-electron chi connectivity index (χ3n) is 4.00. The van der Waals surface area contributed by atoms with Gasteiger partial charge in [0.2, 0.25) is 5.91 Å². The maximum atomic E-state index is 12.8. The molecule has 9 heteroatoms. The minimum Gasteiger partial charge on any atom is -0.497 e. The lowest BCUT2D eigenvalue weighted by molar-refractivity contribution is -0.137. The molecule has 0 bridgehead atoms. The fraction of sp³-hybridized carbons (Fsp3) is 0.150. The Morgan fingerprint density at radius 1 is 1.10 bits per heavy atom. The summed E-state index contributed by atoms with van der Waals surface area (Å²) in [7, 11) is 1.52. The van der Waals surface area contributed by atoms with Crippen LogP contribution in [-0.4, -0.2) is 22.8 Å². The first-order chi connectivity index (χ1) is 13.8. The second kappa shape index (κ2) is 8.17. The molecule has 0 saturated heterocycles. The standard InChI is InChI=1S/C20H16F3N3O3/c1-29-16-7-2-4-13(10-16)17-8-9-19(28)26(25-17)12-18(27)24-15-6-3-5-14(11-15)20(21,22)23/h2-11H,12H2,1H3,(H,24,27). The molecule has 1 heterocycles. The predicted octanol–water partition coefficient (Wildman–Crippen LogP) is 3.58. The Labute approximate surface area is 163 Å². The van der Waals surface area contributed by atoms with Crippen molar-refractivity contribution in [3.63, 3.8) is 0 Å². The topological polar surface area (TPSA) is 73.2 Å². The van der Waals surface area contributed by atoms with E-state index in [0.29, 0.717) is 17.0 Å². The number of amides is 1. The first-order valence-corrected chi connectivity index (χ1v) is 8.46. The number of carbonyl (C=O) groups is 1. The Kier molecular flexibility index (Phi) is 5.67. The molecule has 29 heavy (non-hydrogen) atoms. The Hall–Kier alpha value is -3.62. The highest BCUT2D eigenvalue weighted by Gasteiger charge is 2.30. The molecular formula is C20H16F3N3O3. The summed E-state index contributed by atoms with van der Waals surface area (Å²) < 4.78 is 44.5. The third kappa shape index (κ3) is 5.01. The molecule has 0 spiro atoms. The normalized spacial score (nSPS) is 11.2. The molecule has 0 unspecified atom stereocenters. The van der Waals surface area contributed by atoms with E-state index in [-0.39, 0.29) is 5.69 Å². The number of hydrogen-bond donors (Lipinski definition) is 1. The first kappa shape index (κ1) is 20.1. The van der Waals surface area contributed by atoms with Gasteiger partial charge in [-0.3, -0.25) is 9.59 Å². The fourth-order valence-corrected chi connectivity index (χ4v) is 2.61. The van der Waals surface area contributed by atoms with Gasteiger partial charge in [-0.05, 0) is 36.4 Å². The van der Waals surface area contributed by atoms with Gasteiger partial charge in [-0.25, -0.2) is 4.68 Å². The molecule has 6 nitrogen and oxygen atoms in total. The lowest BCUT2D eigenvalue weighted by Crippen LogP contribution is -2.29. The number of alkyl halides is 3. The van der Waals surface area contributed by atoms with Crippen molar-refractivity contribution in [3.05, 3.63) is 76.6 Å². The van der Waals surface area contributed by atoms with Crippen LogP contribution in [-0.2, 0) is 17.5 Å². The van der Waals surface area contributed by atoms with E-state index in [1.54, 1.807) is 24.3 Å². The number of halogens is 3. The molecule has 0 aliphatic heterocycles. The fourth-order valence-electron chi connectivity index (χ4n) is 2.61. The summed E-state index contributed by atoms with van der Waals surface area (Å²) in [6.07, 6.45) is -4.52. The largest absolute Gasteiger partial charge is 0.497 e. The summed E-state index contributed by atoms with van der Waals surface area (Å²) in [6.45, 7) is -0.452. The van der Waals surface area contributed by atoms with Gasteiger partial charge < -0.3 is 10.1 Å². The SMILES string of the molecule is COc1cccc(-c2ccc(=O)n(CC(=O)Nc3cccc(C(F)(F)F)c3)n2)c1. The molecule has 0 atom stereocenters. The Balaban J connectivity index is 1.79. The van der Waals surface area contributed by atoms with E-state index < -0.39 is 29.8 Å². The van der Waals surface area contributed by atoms with Crippen LogP contribution in [0.4, 0.5) is 18.9 Å². The van der Waals surface area contributed by atoms with Crippen LogP contribution in [0.3, 0.4) is 0 Å². The number of aromatic nitrogens is 2. The van der Waals surface area contributed by atoms with Crippen molar-refractivity contribution in [3.8, 4) is 17.0 Å². The average Bonchev–Trinajstić information content (AvgIpc) is 2.69. The highest BCUT2D eigenvalue weighted by Crippen LogP contribution is 2.30. The molecule has 0 aliphatic rings. The molecule has 0 saturated carbocycles. The lowest BCUT2D eigenvalue weighted by atomic mass is 10.1. The first-order valence-electron chi connectivity index (χ1n) is 8.46. The molecule has 2 aromatic carbocycles. The quantitative estimate of drug-likeness (QED) is 0.707. The van der Waals surface area contributed by atoms with Crippen molar-refractivity contribution in [2.75, 3.05) is 12.4 Å². The molecule has 0 aliphatic carbocycles. The Bertz CT molecular complexity index is 1090. The van der Waals surface area contributed by atoms with Crippen LogP contribution >= 0.6 is 0 Å². The summed E-state index contributed by atoms with van der Waals surface area (Å²) in [5.74, 6) is -0.0777. The summed E-state index contributed by atoms with van der Waals surface area (Å²) in [5.41, 5.74) is -0.310. The highest BCUT2D eigenvalue weighted by atomic mass is 19.4. The van der Waals surface area contributed by atoms with Gasteiger partial charge in [0.25, 0.3) is 5.56 Å². The Morgan fingerprint density at radius 3 is 2.59 bits per heavy atom. The van der Waals surface area contributed by atoms with Crippen molar-refractivity contribution < 1.29 is 22.7 Å². The van der Waals surface area contributed by atoms with Gasteiger partial charge >= 0.3 is 6.18 Å². The minimum absolute atomic E-state index is 0.0261. The van der Waals surface area contributed by atoms with E-state index in [2.05, 4.69) is 10.4 Å². The van der Waals surface area contributed by atoms with Gasteiger partial charge in [0.1, 0.15) is 12.3 Å². The lowest BCUT2D eigenvalue weighted by Gasteiger charge is -2.11. The van der Waals surface area contributed by atoms with Gasteiger partial charge in [0.05, 0.1) is 18.4 Å². The van der Waals surface area contributed by atoms with Crippen molar-refractivity contribution in [2.45, 2.75) is 12.7 Å². The van der Waals surface area contributed by atoms with Gasteiger partial charge in [-0.15, -0.1) is 0 Å². The molecule has 1 aromatic heterocycles.